The van der Waals surface area contributed by atoms with Crippen LogP contribution in [0.15, 0.2) is 54.6 Å². The van der Waals surface area contributed by atoms with Crippen molar-refractivity contribution in [1.29, 1.82) is 0 Å². The lowest BCUT2D eigenvalue weighted by atomic mass is 10.1. The van der Waals surface area contributed by atoms with Crippen molar-refractivity contribution in [1.82, 2.24) is 4.98 Å². The number of para-hydroxylation sites is 1. The zero-order valence-electron chi connectivity index (χ0n) is 11.6. The standard InChI is InChI=1S/C17H17N3O/c18-10-9-12-5-7-14(8-6-12)19-17(21)16-11-13-3-1-2-4-15(13)20-16/h1-8,11,20H,9-10,18H2,(H,19,21). The van der Waals surface area contributed by atoms with Gasteiger partial charge in [-0.25, -0.2) is 0 Å². The van der Waals surface area contributed by atoms with Crippen molar-refractivity contribution in [2.24, 2.45) is 5.73 Å². The molecule has 0 unspecified atom stereocenters. The second-order valence-electron chi connectivity index (χ2n) is 4.96. The molecule has 4 heteroatoms. The molecule has 4 nitrogen and oxygen atoms in total. The molecule has 0 aliphatic heterocycles. The highest BCUT2D eigenvalue weighted by Gasteiger charge is 2.09. The van der Waals surface area contributed by atoms with Crippen molar-refractivity contribution < 1.29 is 4.79 Å². The number of hydrogen-bond acceptors (Lipinski definition) is 2. The van der Waals surface area contributed by atoms with E-state index in [0.717, 1.165) is 23.0 Å². The summed E-state index contributed by atoms with van der Waals surface area (Å²) in [7, 11) is 0. The van der Waals surface area contributed by atoms with Crippen molar-refractivity contribution in [3.63, 3.8) is 0 Å². The number of rotatable bonds is 4. The molecule has 1 amide bonds. The first-order chi connectivity index (χ1) is 10.3. The third-order valence-electron chi connectivity index (χ3n) is 3.42. The normalized spacial score (nSPS) is 10.7. The number of benzene rings is 2. The van der Waals surface area contributed by atoms with Crippen LogP contribution in [0.1, 0.15) is 16.1 Å². The summed E-state index contributed by atoms with van der Waals surface area (Å²) in [6.07, 6.45) is 0.843. The molecule has 2 aromatic carbocycles. The van der Waals surface area contributed by atoms with Gasteiger partial charge >= 0.3 is 0 Å². The van der Waals surface area contributed by atoms with Gasteiger partial charge in [0.2, 0.25) is 0 Å². The monoisotopic (exact) mass is 279 g/mol. The number of nitrogens with two attached hydrogens (primary N) is 1. The zero-order chi connectivity index (χ0) is 14.7. The van der Waals surface area contributed by atoms with E-state index >= 15 is 0 Å². The maximum Gasteiger partial charge on any atom is 0.272 e. The van der Waals surface area contributed by atoms with Crippen molar-refractivity contribution in [3.05, 3.63) is 65.9 Å². The lowest BCUT2D eigenvalue weighted by Crippen LogP contribution is -2.12. The Hall–Kier alpha value is -2.59. The number of amides is 1. The molecule has 0 spiro atoms. The molecule has 0 saturated heterocycles. The molecule has 0 aliphatic rings. The predicted molar refractivity (Wildman–Crippen MR) is 85.5 cm³/mol. The summed E-state index contributed by atoms with van der Waals surface area (Å²) in [5.41, 5.74) is 8.98. The molecular weight excluding hydrogens is 262 g/mol. The average molecular weight is 279 g/mol. The number of aromatic nitrogens is 1. The number of aromatic amines is 1. The second kappa shape index (κ2) is 5.81. The minimum Gasteiger partial charge on any atom is -0.351 e. The van der Waals surface area contributed by atoms with E-state index in [-0.39, 0.29) is 5.91 Å². The molecule has 3 rings (SSSR count). The second-order valence-corrected chi connectivity index (χ2v) is 4.96. The van der Waals surface area contributed by atoms with Crippen LogP contribution in [0.4, 0.5) is 5.69 Å². The van der Waals surface area contributed by atoms with Crippen LogP contribution in [-0.2, 0) is 6.42 Å². The van der Waals surface area contributed by atoms with Crippen LogP contribution >= 0.6 is 0 Å². The van der Waals surface area contributed by atoms with Crippen molar-refractivity contribution in [2.75, 3.05) is 11.9 Å². The first-order valence-corrected chi connectivity index (χ1v) is 6.94. The van der Waals surface area contributed by atoms with E-state index in [2.05, 4.69) is 10.3 Å². The summed E-state index contributed by atoms with van der Waals surface area (Å²) < 4.78 is 0. The van der Waals surface area contributed by atoms with E-state index < -0.39 is 0 Å². The van der Waals surface area contributed by atoms with Gasteiger partial charge in [0.15, 0.2) is 0 Å². The summed E-state index contributed by atoms with van der Waals surface area (Å²) in [5, 5.41) is 3.92. The third kappa shape index (κ3) is 2.95. The van der Waals surface area contributed by atoms with Gasteiger partial charge in [-0.1, -0.05) is 30.3 Å². The topological polar surface area (TPSA) is 70.9 Å². The molecule has 106 valence electrons. The minimum atomic E-state index is -0.141. The molecule has 1 aromatic heterocycles. The van der Waals surface area contributed by atoms with Crippen LogP contribution in [0.25, 0.3) is 10.9 Å². The van der Waals surface area contributed by atoms with Gasteiger partial charge in [-0.05, 0) is 42.8 Å². The van der Waals surface area contributed by atoms with E-state index in [1.165, 1.54) is 5.56 Å². The van der Waals surface area contributed by atoms with Crippen LogP contribution in [0.5, 0.6) is 0 Å². The maximum absolute atomic E-state index is 12.2. The Labute approximate surface area is 123 Å². The van der Waals surface area contributed by atoms with Crippen LogP contribution < -0.4 is 11.1 Å². The third-order valence-corrected chi connectivity index (χ3v) is 3.42. The van der Waals surface area contributed by atoms with Crippen LogP contribution in [0, 0.1) is 0 Å². The molecule has 0 atom stereocenters. The molecule has 0 bridgehead atoms. The average Bonchev–Trinajstić information content (AvgIpc) is 2.94. The molecule has 21 heavy (non-hydrogen) atoms. The van der Waals surface area contributed by atoms with E-state index in [4.69, 9.17) is 5.73 Å². The van der Waals surface area contributed by atoms with Gasteiger partial charge in [-0.2, -0.15) is 0 Å². The fraction of sp³-hybridized carbons (Fsp3) is 0.118. The molecule has 3 aromatic rings. The number of carbonyl (C=O) groups is 1. The van der Waals surface area contributed by atoms with Crippen LogP contribution in [-0.4, -0.2) is 17.4 Å². The summed E-state index contributed by atoms with van der Waals surface area (Å²) in [6.45, 7) is 0.626. The largest absolute Gasteiger partial charge is 0.351 e. The van der Waals surface area contributed by atoms with Gasteiger partial charge in [0.1, 0.15) is 5.69 Å². The smallest absolute Gasteiger partial charge is 0.272 e. The van der Waals surface area contributed by atoms with Gasteiger partial charge in [0, 0.05) is 16.6 Å². The SMILES string of the molecule is NCCc1ccc(NC(=O)c2cc3ccccc3[nH]2)cc1. The molecule has 4 N–H and O–H groups in total. The number of hydrogen-bond donors (Lipinski definition) is 3. The highest BCUT2D eigenvalue weighted by Crippen LogP contribution is 2.16. The van der Waals surface area contributed by atoms with Gasteiger partial charge in [-0.3, -0.25) is 4.79 Å². The van der Waals surface area contributed by atoms with E-state index in [9.17, 15) is 4.79 Å². The Morgan fingerprint density at radius 2 is 1.86 bits per heavy atom. The van der Waals surface area contributed by atoms with E-state index in [1.54, 1.807) is 0 Å². The molecule has 0 aliphatic carbocycles. The van der Waals surface area contributed by atoms with Gasteiger partial charge in [-0.15, -0.1) is 0 Å². The predicted octanol–water partition coefficient (Wildman–Crippen LogP) is 2.92. The minimum absolute atomic E-state index is 0.141. The molecule has 0 radical (unpaired) electrons. The van der Waals surface area contributed by atoms with Gasteiger partial charge in [0.05, 0.1) is 0 Å². The summed E-state index contributed by atoms with van der Waals surface area (Å²) in [5.74, 6) is -0.141. The Morgan fingerprint density at radius 3 is 2.57 bits per heavy atom. The Kier molecular flexibility index (Phi) is 3.71. The van der Waals surface area contributed by atoms with Crippen molar-refractivity contribution in [2.45, 2.75) is 6.42 Å². The highest BCUT2D eigenvalue weighted by molar-refractivity contribution is 6.05. The summed E-state index contributed by atoms with van der Waals surface area (Å²) in [6, 6.07) is 17.4. The number of anilines is 1. The Bertz CT molecular complexity index is 726. The number of fused-ring (bicyclic) bond motifs is 1. The highest BCUT2D eigenvalue weighted by atomic mass is 16.1. The summed E-state index contributed by atoms with van der Waals surface area (Å²) >= 11 is 0. The quantitative estimate of drug-likeness (QED) is 0.687. The van der Waals surface area contributed by atoms with Crippen LogP contribution in [0.3, 0.4) is 0 Å². The summed E-state index contributed by atoms with van der Waals surface area (Å²) in [4.78, 5) is 15.4. The number of H-pyrrole nitrogens is 1. The lowest BCUT2D eigenvalue weighted by Gasteiger charge is -2.05. The van der Waals surface area contributed by atoms with Gasteiger partial charge < -0.3 is 16.0 Å². The lowest BCUT2D eigenvalue weighted by molar-refractivity contribution is 0.102. The first-order valence-electron chi connectivity index (χ1n) is 6.94. The fourth-order valence-electron chi connectivity index (χ4n) is 2.32. The molecule has 1 heterocycles. The van der Waals surface area contributed by atoms with Gasteiger partial charge in [0.25, 0.3) is 5.91 Å². The number of nitrogens with one attached hydrogen (secondary N) is 2. The van der Waals surface area contributed by atoms with Crippen LogP contribution in [0.2, 0.25) is 0 Å². The Balaban J connectivity index is 1.76. The molecule has 0 saturated carbocycles. The van der Waals surface area contributed by atoms with E-state index in [0.29, 0.717) is 12.2 Å². The number of carbonyl (C=O) groups excluding carboxylic acids is 1. The Morgan fingerprint density at radius 1 is 1.10 bits per heavy atom. The van der Waals surface area contributed by atoms with E-state index in [1.807, 2.05) is 54.6 Å². The maximum atomic E-state index is 12.2. The molecular formula is C17H17N3O. The fourth-order valence-corrected chi connectivity index (χ4v) is 2.32. The van der Waals surface area contributed by atoms with Crippen molar-refractivity contribution >= 4 is 22.5 Å². The van der Waals surface area contributed by atoms with Crippen molar-refractivity contribution in [3.8, 4) is 0 Å². The zero-order valence-corrected chi connectivity index (χ0v) is 11.6. The first kappa shape index (κ1) is 13.4. The molecule has 0 fully saturated rings.